The fraction of sp³-hybridized carbons (Fsp3) is 0.636. The zero-order valence-electron chi connectivity index (χ0n) is 8.30. The predicted octanol–water partition coefficient (Wildman–Crippen LogP) is 2.71. The van der Waals surface area contributed by atoms with Crippen LogP contribution in [0.5, 0.6) is 0 Å². The average molecular weight is 165 g/mol. The molecule has 0 fully saturated rings. The molecule has 0 spiro atoms. The van der Waals surface area contributed by atoms with Gasteiger partial charge in [-0.3, -0.25) is 0 Å². The van der Waals surface area contributed by atoms with Gasteiger partial charge in [-0.15, -0.1) is 0 Å². The molecule has 0 aliphatic heterocycles. The minimum Gasteiger partial charge on any atom is -0.388 e. The highest BCUT2D eigenvalue weighted by atomic mass is 14.9. The highest BCUT2D eigenvalue weighted by Crippen LogP contribution is 2.36. The van der Waals surface area contributed by atoms with Gasteiger partial charge < -0.3 is 5.32 Å². The third kappa shape index (κ3) is 1.90. The van der Waals surface area contributed by atoms with E-state index in [1.54, 1.807) is 11.8 Å². The molecule has 1 aliphatic carbocycles. The van der Waals surface area contributed by atoms with Crippen LogP contribution in [0.1, 0.15) is 27.2 Å². The maximum absolute atomic E-state index is 3.70. The van der Waals surface area contributed by atoms with E-state index in [9.17, 15) is 0 Å². The van der Waals surface area contributed by atoms with E-state index in [1.807, 2.05) is 0 Å². The van der Waals surface area contributed by atoms with Crippen LogP contribution >= 0.6 is 0 Å². The Morgan fingerprint density at radius 3 is 2.67 bits per heavy atom. The summed E-state index contributed by atoms with van der Waals surface area (Å²) in [5.41, 5.74) is 1.61. The van der Waals surface area contributed by atoms with Crippen LogP contribution in [0, 0.1) is 11.8 Å². The Hall–Kier alpha value is -0.720. The molecule has 3 atom stereocenters. The first-order chi connectivity index (χ1) is 5.70. The van der Waals surface area contributed by atoms with Crippen molar-refractivity contribution in [3.63, 3.8) is 0 Å². The van der Waals surface area contributed by atoms with Crippen LogP contribution in [0.15, 0.2) is 24.4 Å². The van der Waals surface area contributed by atoms with E-state index in [0.717, 1.165) is 12.3 Å². The van der Waals surface area contributed by atoms with E-state index in [4.69, 9.17) is 0 Å². The first kappa shape index (κ1) is 9.37. The molecule has 12 heavy (non-hydrogen) atoms. The molecule has 68 valence electrons. The van der Waals surface area contributed by atoms with Crippen molar-refractivity contribution in [1.82, 2.24) is 5.32 Å². The third-order valence-corrected chi connectivity index (χ3v) is 2.76. The maximum Gasteiger partial charge on any atom is 0.0315 e. The fourth-order valence-corrected chi connectivity index (χ4v) is 1.81. The van der Waals surface area contributed by atoms with Gasteiger partial charge in [0.25, 0.3) is 0 Å². The Morgan fingerprint density at radius 1 is 1.75 bits per heavy atom. The van der Waals surface area contributed by atoms with Crippen molar-refractivity contribution >= 4 is 0 Å². The average Bonchev–Trinajstić information content (AvgIpc) is 2.77. The van der Waals surface area contributed by atoms with E-state index in [2.05, 4.69) is 38.7 Å². The molecule has 0 heterocycles. The lowest BCUT2D eigenvalue weighted by Crippen LogP contribution is -2.30. The van der Waals surface area contributed by atoms with Crippen molar-refractivity contribution in [1.29, 1.82) is 0 Å². The summed E-state index contributed by atoms with van der Waals surface area (Å²) in [4.78, 5) is 0. The van der Waals surface area contributed by atoms with E-state index < -0.39 is 0 Å². The molecular weight excluding hydrogens is 146 g/mol. The van der Waals surface area contributed by atoms with Crippen molar-refractivity contribution in [2.45, 2.75) is 33.2 Å². The van der Waals surface area contributed by atoms with Crippen molar-refractivity contribution in [2.75, 3.05) is 0 Å². The lowest BCUT2D eigenvalue weighted by atomic mass is 9.95. The molecule has 0 amide bonds. The molecule has 0 aromatic carbocycles. The summed E-state index contributed by atoms with van der Waals surface area (Å²) in [6.07, 6.45) is 5.31. The zero-order chi connectivity index (χ0) is 9.14. The molecule has 1 nitrogen and oxygen atoms in total. The molecule has 0 radical (unpaired) electrons. The first-order valence-electron chi connectivity index (χ1n) is 4.79. The molecule has 0 saturated carbocycles. The summed E-state index contributed by atoms with van der Waals surface area (Å²) in [5, 5.41) is 3.30. The van der Waals surface area contributed by atoms with E-state index >= 15 is 0 Å². The summed E-state index contributed by atoms with van der Waals surface area (Å²) in [6.45, 7) is 10.5. The van der Waals surface area contributed by atoms with Gasteiger partial charge in [0.15, 0.2) is 0 Å². The number of nitrogens with one attached hydrogen (secondary N) is 1. The second-order valence-electron chi connectivity index (χ2n) is 3.63. The second-order valence-corrected chi connectivity index (χ2v) is 3.63. The van der Waals surface area contributed by atoms with Gasteiger partial charge in [0.05, 0.1) is 0 Å². The van der Waals surface area contributed by atoms with E-state index in [0.29, 0.717) is 12.0 Å². The molecule has 1 aliphatic rings. The Kier molecular flexibility index (Phi) is 2.96. The minimum atomic E-state index is 0.568. The highest BCUT2D eigenvalue weighted by molar-refractivity contribution is 5.31. The molecule has 0 saturated heterocycles. The lowest BCUT2D eigenvalue weighted by molar-refractivity contribution is 0.448. The summed E-state index contributed by atoms with van der Waals surface area (Å²) in [7, 11) is 0. The van der Waals surface area contributed by atoms with Crippen molar-refractivity contribution < 1.29 is 0 Å². The summed E-state index contributed by atoms with van der Waals surface area (Å²) in [5.74, 6) is 1.42. The Balaban J connectivity index is 2.42. The van der Waals surface area contributed by atoms with Gasteiger partial charge >= 0.3 is 0 Å². The third-order valence-electron chi connectivity index (χ3n) is 2.76. The van der Waals surface area contributed by atoms with Gasteiger partial charge in [-0.2, -0.15) is 0 Å². The van der Waals surface area contributed by atoms with Crippen molar-refractivity contribution in [3.8, 4) is 0 Å². The topological polar surface area (TPSA) is 12.0 Å². The quantitative estimate of drug-likeness (QED) is 0.618. The SMILES string of the molecule is C=CN[C@H](CC)[C@H](C)C1=CC1C. The van der Waals surface area contributed by atoms with Gasteiger partial charge in [0.2, 0.25) is 0 Å². The Bertz CT molecular complexity index is 193. The van der Waals surface area contributed by atoms with Gasteiger partial charge in [0.1, 0.15) is 0 Å². The fourth-order valence-electron chi connectivity index (χ4n) is 1.81. The van der Waals surface area contributed by atoms with Crippen LogP contribution in [0.2, 0.25) is 0 Å². The summed E-state index contributed by atoms with van der Waals surface area (Å²) in [6, 6.07) is 0.568. The maximum atomic E-state index is 3.70. The van der Waals surface area contributed by atoms with Crippen molar-refractivity contribution in [3.05, 3.63) is 24.4 Å². The van der Waals surface area contributed by atoms with Crippen LogP contribution in [0.4, 0.5) is 0 Å². The van der Waals surface area contributed by atoms with Gasteiger partial charge in [0, 0.05) is 6.04 Å². The minimum absolute atomic E-state index is 0.568. The molecule has 1 N–H and O–H groups in total. The molecule has 0 aromatic rings. The van der Waals surface area contributed by atoms with Gasteiger partial charge in [-0.1, -0.05) is 39.0 Å². The Morgan fingerprint density at radius 2 is 2.33 bits per heavy atom. The molecule has 1 unspecified atom stereocenters. The van der Waals surface area contributed by atoms with Crippen molar-refractivity contribution in [2.24, 2.45) is 11.8 Å². The van der Waals surface area contributed by atoms with E-state index in [-0.39, 0.29) is 0 Å². The Labute approximate surface area is 75.6 Å². The van der Waals surface area contributed by atoms with Crippen LogP contribution in [-0.2, 0) is 0 Å². The number of hydrogen-bond donors (Lipinski definition) is 1. The molecule has 1 heteroatoms. The van der Waals surface area contributed by atoms with Gasteiger partial charge in [-0.05, 0) is 24.5 Å². The molecule has 0 bridgehead atoms. The number of hydrogen-bond acceptors (Lipinski definition) is 1. The normalized spacial score (nSPS) is 25.6. The summed E-state index contributed by atoms with van der Waals surface area (Å²) < 4.78 is 0. The molecule has 1 rings (SSSR count). The van der Waals surface area contributed by atoms with Crippen LogP contribution < -0.4 is 5.32 Å². The smallest absolute Gasteiger partial charge is 0.0315 e. The number of rotatable bonds is 5. The van der Waals surface area contributed by atoms with Gasteiger partial charge in [-0.25, -0.2) is 0 Å². The van der Waals surface area contributed by atoms with Crippen LogP contribution in [0.25, 0.3) is 0 Å². The molecular formula is C11H19N. The van der Waals surface area contributed by atoms with E-state index in [1.165, 1.54) is 0 Å². The van der Waals surface area contributed by atoms with Crippen LogP contribution in [0.3, 0.4) is 0 Å². The zero-order valence-corrected chi connectivity index (χ0v) is 8.30. The molecule has 0 aromatic heterocycles. The van der Waals surface area contributed by atoms with Crippen LogP contribution in [-0.4, -0.2) is 6.04 Å². The monoisotopic (exact) mass is 165 g/mol. The predicted molar refractivity (Wildman–Crippen MR) is 53.8 cm³/mol. The lowest BCUT2D eigenvalue weighted by Gasteiger charge is -2.21. The standard InChI is InChI=1S/C11H19N/c1-5-11(12-6-2)9(4)10-7-8(10)3/h6-9,11-12H,2,5H2,1,3-4H3/t8?,9-,11-/m1/s1. The summed E-state index contributed by atoms with van der Waals surface area (Å²) >= 11 is 0. The number of allylic oxidation sites excluding steroid dienone is 1. The largest absolute Gasteiger partial charge is 0.388 e. The first-order valence-corrected chi connectivity index (χ1v) is 4.79. The second kappa shape index (κ2) is 3.79. The highest BCUT2D eigenvalue weighted by Gasteiger charge is 2.28.